The summed E-state index contributed by atoms with van der Waals surface area (Å²) in [6.45, 7) is 2.60. The van der Waals surface area contributed by atoms with Crippen molar-refractivity contribution in [2.24, 2.45) is 0 Å². The van der Waals surface area contributed by atoms with E-state index in [9.17, 15) is 9.59 Å². The van der Waals surface area contributed by atoms with Crippen LogP contribution in [-0.4, -0.2) is 30.5 Å². The minimum Gasteiger partial charge on any atom is -0.495 e. The molecule has 0 radical (unpaired) electrons. The number of thiazole rings is 1. The van der Waals surface area contributed by atoms with E-state index in [-0.39, 0.29) is 11.8 Å². The molecule has 1 aliphatic rings. The summed E-state index contributed by atoms with van der Waals surface area (Å²) >= 11 is 1.62. The molecule has 5 rings (SSSR count). The molecule has 178 valence electrons. The van der Waals surface area contributed by atoms with Crippen LogP contribution < -0.4 is 15.0 Å². The predicted octanol–water partition coefficient (Wildman–Crippen LogP) is 5.57. The Balaban J connectivity index is 1.48. The summed E-state index contributed by atoms with van der Waals surface area (Å²) in [4.78, 5) is 32.8. The molecule has 6 nitrogen and oxygen atoms in total. The summed E-state index contributed by atoms with van der Waals surface area (Å²) in [6, 6.07) is 23.3. The maximum atomic E-state index is 13.9. The number of methoxy groups -OCH3 is 1. The average Bonchev–Trinajstić information content (AvgIpc) is 3.49. The normalized spacial score (nSPS) is 15.3. The lowest BCUT2D eigenvalue weighted by molar-refractivity contribution is -0.121. The van der Waals surface area contributed by atoms with Crippen molar-refractivity contribution in [3.63, 3.8) is 0 Å². The first-order valence-electron chi connectivity index (χ1n) is 11.7. The highest BCUT2D eigenvalue weighted by molar-refractivity contribution is 7.18. The van der Waals surface area contributed by atoms with Gasteiger partial charge in [-0.2, -0.15) is 0 Å². The van der Waals surface area contributed by atoms with Crippen molar-refractivity contribution in [3.8, 4) is 5.75 Å². The van der Waals surface area contributed by atoms with Gasteiger partial charge in [0.15, 0.2) is 0 Å². The number of hydrogen-bond acceptors (Lipinski definition) is 5. The Morgan fingerprint density at radius 2 is 1.89 bits per heavy atom. The molecule has 1 aromatic heterocycles. The monoisotopic (exact) mass is 485 g/mol. The summed E-state index contributed by atoms with van der Waals surface area (Å²) in [5.74, 6) is 0.544. The molecule has 1 unspecified atom stereocenters. The standard InChI is InChI=1S/C28H27N3O3S/c1-28(19-9-4-3-5-10-19,18-25-30-21-11-6-7-12-24(21)35-25)27(33)29-20-14-15-23(34-2)22(17-20)31-16-8-13-26(31)32/h3-7,9-12,14-15,17H,8,13,16,18H2,1-2H3,(H,29,33). The Bertz CT molecular complexity index is 1350. The fourth-order valence-electron chi connectivity index (χ4n) is 4.57. The van der Waals surface area contributed by atoms with Crippen molar-refractivity contribution >= 4 is 44.7 Å². The molecule has 0 spiro atoms. The van der Waals surface area contributed by atoms with Crippen molar-refractivity contribution < 1.29 is 14.3 Å². The lowest BCUT2D eigenvalue weighted by Gasteiger charge is -2.28. The number of carbonyl (C=O) groups excluding carboxylic acids is 2. The third kappa shape index (κ3) is 4.51. The summed E-state index contributed by atoms with van der Waals surface area (Å²) in [6.07, 6.45) is 1.80. The van der Waals surface area contributed by atoms with Gasteiger partial charge in [-0.3, -0.25) is 9.59 Å². The third-order valence-corrected chi connectivity index (χ3v) is 7.59. The van der Waals surface area contributed by atoms with Crippen LogP contribution in [0.1, 0.15) is 30.3 Å². The molecule has 1 aliphatic heterocycles. The molecule has 2 heterocycles. The molecule has 0 aliphatic carbocycles. The molecular weight excluding hydrogens is 458 g/mol. The van der Waals surface area contributed by atoms with Gasteiger partial charge in [-0.1, -0.05) is 42.5 Å². The van der Waals surface area contributed by atoms with Crippen molar-refractivity contribution in [3.05, 3.63) is 83.4 Å². The van der Waals surface area contributed by atoms with Gasteiger partial charge in [-0.15, -0.1) is 11.3 Å². The molecule has 0 saturated carbocycles. The number of carbonyl (C=O) groups is 2. The Kier molecular flexibility index (Phi) is 6.26. The number of para-hydroxylation sites is 1. The molecule has 2 amide bonds. The lowest BCUT2D eigenvalue weighted by atomic mass is 9.78. The van der Waals surface area contributed by atoms with E-state index in [4.69, 9.17) is 9.72 Å². The fourth-order valence-corrected chi connectivity index (χ4v) is 5.69. The molecule has 1 atom stereocenters. The quantitative estimate of drug-likeness (QED) is 0.371. The van der Waals surface area contributed by atoms with Crippen LogP contribution in [0, 0.1) is 0 Å². The summed E-state index contributed by atoms with van der Waals surface area (Å²) < 4.78 is 6.60. The molecule has 1 fully saturated rings. The maximum absolute atomic E-state index is 13.9. The highest BCUT2D eigenvalue weighted by Crippen LogP contribution is 2.36. The number of hydrogen-bond donors (Lipinski definition) is 1. The molecule has 1 saturated heterocycles. The van der Waals surface area contributed by atoms with E-state index in [1.807, 2.05) is 67.6 Å². The topological polar surface area (TPSA) is 71.5 Å². The lowest BCUT2D eigenvalue weighted by Crippen LogP contribution is -2.39. The molecule has 0 bridgehead atoms. The van der Waals surface area contributed by atoms with Gasteiger partial charge in [0.2, 0.25) is 11.8 Å². The van der Waals surface area contributed by atoms with Gasteiger partial charge in [0.1, 0.15) is 5.75 Å². The number of anilines is 2. The molecule has 7 heteroatoms. The van der Waals surface area contributed by atoms with Gasteiger partial charge in [0.25, 0.3) is 0 Å². The van der Waals surface area contributed by atoms with E-state index in [0.29, 0.717) is 36.5 Å². The zero-order valence-electron chi connectivity index (χ0n) is 19.8. The SMILES string of the molecule is COc1ccc(NC(=O)C(C)(Cc2nc3ccccc3s2)c2ccccc2)cc1N1CCCC1=O. The highest BCUT2D eigenvalue weighted by Gasteiger charge is 2.37. The number of amides is 2. The van der Waals surface area contributed by atoms with E-state index in [1.165, 1.54) is 0 Å². The van der Waals surface area contributed by atoms with Crippen molar-refractivity contribution in [2.45, 2.75) is 31.6 Å². The van der Waals surface area contributed by atoms with E-state index < -0.39 is 5.41 Å². The van der Waals surface area contributed by atoms with Gasteiger partial charge in [0, 0.05) is 25.1 Å². The molecule has 3 aromatic carbocycles. The van der Waals surface area contributed by atoms with Crippen LogP contribution in [0.3, 0.4) is 0 Å². The minimum atomic E-state index is -0.849. The second-order valence-corrected chi connectivity index (χ2v) is 10.1. The number of rotatable bonds is 7. The van der Waals surface area contributed by atoms with Crippen LogP contribution in [0.25, 0.3) is 10.2 Å². The smallest absolute Gasteiger partial charge is 0.235 e. The Hall–Kier alpha value is -3.71. The number of fused-ring (bicyclic) bond motifs is 1. The second-order valence-electron chi connectivity index (χ2n) is 8.94. The molecule has 4 aromatic rings. The van der Waals surface area contributed by atoms with Crippen molar-refractivity contribution in [1.82, 2.24) is 4.98 Å². The third-order valence-electron chi connectivity index (χ3n) is 6.56. The summed E-state index contributed by atoms with van der Waals surface area (Å²) in [7, 11) is 1.59. The first-order valence-corrected chi connectivity index (χ1v) is 12.5. The van der Waals surface area contributed by atoms with Crippen LogP contribution in [0.15, 0.2) is 72.8 Å². The maximum Gasteiger partial charge on any atom is 0.235 e. The number of aromatic nitrogens is 1. The zero-order chi connectivity index (χ0) is 24.4. The number of nitrogens with zero attached hydrogens (tertiary/aromatic N) is 2. The van der Waals surface area contributed by atoms with Crippen LogP contribution in [-0.2, 0) is 21.4 Å². The van der Waals surface area contributed by atoms with Gasteiger partial charge in [-0.25, -0.2) is 4.98 Å². The second kappa shape index (κ2) is 9.50. The van der Waals surface area contributed by atoms with Crippen LogP contribution in [0.5, 0.6) is 5.75 Å². The van der Waals surface area contributed by atoms with E-state index in [1.54, 1.807) is 29.4 Å². The molecule has 1 N–H and O–H groups in total. The van der Waals surface area contributed by atoms with E-state index in [2.05, 4.69) is 11.4 Å². The predicted molar refractivity (Wildman–Crippen MR) is 140 cm³/mol. The van der Waals surface area contributed by atoms with Crippen molar-refractivity contribution in [2.75, 3.05) is 23.9 Å². The highest BCUT2D eigenvalue weighted by atomic mass is 32.1. The zero-order valence-corrected chi connectivity index (χ0v) is 20.6. The number of nitrogens with one attached hydrogen (secondary N) is 1. The average molecular weight is 486 g/mol. The largest absolute Gasteiger partial charge is 0.495 e. The minimum absolute atomic E-state index is 0.0664. The van der Waals surface area contributed by atoms with E-state index in [0.717, 1.165) is 27.2 Å². The Morgan fingerprint density at radius 1 is 1.11 bits per heavy atom. The Labute approximate surface area is 208 Å². The summed E-state index contributed by atoms with van der Waals surface area (Å²) in [5.41, 5.74) is 2.31. The first kappa shape index (κ1) is 23.1. The van der Waals surface area contributed by atoms with Crippen LogP contribution in [0.2, 0.25) is 0 Å². The van der Waals surface area contributed by atoms with E-state index >= 15 is 0 Å². The first-order chi connectivity index (χ1) is 17.0. The van der Waals surface area contributed by atoms with Crippen LogP contribution in [0.4, 0.5) is 11.4 Å². The van der Waals surface area contributed by atoms with Crippen LogP contribution >= 0.6 is 11.3 Å². The number of ether oxygens (including phenoxy) is 1. The fraction of sp³-hybridized carbons (Fsp3) is 0.250. The number of benzene rings is 3. The van der Waals surface area contributed by atoms with Gasteiger partial charge < -0.3 is 15.0 Å². The molecular formula is C28H27N3O3S. The molecule has 35 heavy (non-hydrogen) atoms. The summed E-state index contributed by atoms with van der Waals surface area (Å²) in [5, 5.41) is 4.02. The van der Waals surface area contributed by atoms with Gasteiger partial charge in [-0.05, 0) is 49.2 Å². The van der Waals surface area contributed by atoms with Gasteiger partial charge >= 0.3 is 0 Å². The van der Waals surface area contributed by atoms with Crippen molar-refractivity contribution in [1.29, 1.82) is 0 Å². The van der Waals surface area contributed by atoms with Gasteiger partial charge in [0.05, 0.1) is 33.4 Å². The Morgan fingerprint density at radius 3 is 2.60 bits per heavy atom.